The van der Waals surface area contributed by atoms with Gasteiger partial charge in [-0.2, -0.15) is 0 Å². The average molecular weight is 612 g/mol. The van der Waals surface area contributed by atoms with E-state index in [1.165, 1.54) is 25.3 Å². The third kappa shape index (κ3) is 5.27. The molecule has 1 heterocycles. The summed E-state index contributed by atoms with van der Waals surface area (Å²) in [6.45, 7) is 0.560. The molecule has 0 radical (unpaired) electrons. The Kier molecular flexibility index (Phi) is 10.0. The van der Waals surface area contributed by atoms with Gasteiger partial charge < -0.3 is 50.6 Å². The maximum atomic E-state index is 13.6. The number of methoxy groups -OCH3 is 1. The first kappa shape index (κ1) is 33.4. The lowest BCUT2D eigenvalue weighted by molar-refractivity contribution is -0.247. The Balaban J connectivity index is 0.00000158. The van der Waals surface area contributed by atoms with Gasteiger partial charge in [-0.25, -0.2) is 0 Å². The molecule has 8 N–H and O–H groups in total. The van der Waals surface area contributed by atoms with Crippen molar-refractivity contribution in [1.29, 1.82) is 0 Å². The number of rotatable bonds is 5. The predicted octanol–water partition coefficient (Wildman–Crippen LogP) is 0.0316. The number of halogens is 1. The molecule has 230 valence electrons. The molecule has 6 atom stereocenters. The molecule has 1 fully saturated rings. The lowest BCUT2D eigenvalue weighted by atomic mass is 9.72. The zero-order chi connectivity index (χ0) is 30.4. The number of ketones is 3. The van der Waals surface area contributed by atoms with E-state index in [0.29, 0.717) is 0 Å². The van der Waals surface area contributed by atoms with Crippen LogP contribution in [0.25, 0.3) is 0 Å². The summed E-state index contributed by atoms with van der Waals surface area (Å²) in [6.07, 6.45) is -5.12. The highest BCUT2D eigenvalue weighted by Crippen LogP contribution is 2.52. The fourth-order valence-electron chi connectivity index (χ4n) is 5.75. The number of carbonyl (C=O) groups excluding carboxylic acids is 3. The van der Waals surface area contributed by atoms with E-state index in [4.69, 9.17) is 25.1 Å². The summed E-state index contributed by atoms with van der Waals surface area (Å²) < 4.78 is 17.0. The average Bonchev–Trinajstić information content (AvgIpc) is 2.96. The Morgan fingerprint density at radius 1 is 1.12 bits per heavy atom. The van der Waals surface area contributed by atoms with Gasteiger partial charge >= 0.3 is 0 Å². The lowest BCUT2D eigenvalue weighted by Crippen LogP contribution is -2.53. The van der Waals surface area contributed by atoms with Gasteiger partial charge in [-0.05, 0) is 13.0 Å². The van der Waals surface area contributed by atoms with Crippen molar-refractivity contribution in [3.8, 4) is 17.2 Å². The van der Waals surface area contributed by atoms with Gasteiger partial charge in [0.25, 0.3) is 0 Å². The van der Waals surface area contributed by atoms with Gasteiger partial charge in [0.2, 0.25) is 5.78 Å². The number of nitrogens with two attached hydrogens (primary N) is 1. The first-order valence-electron chi connectivity index (χ1n) is 12.9. The summed E-state index contributed by atoms with van der Waals surface area (Å²) in [7, 11) is 2.32. The molecule has 2 aromatic carbocycles. The number of phenols is 2. The van der Waals surface area contributed by atoms with Crippen LogP contribution in [0.2, 0.25) is 0 Å². The number of aliphatic hydroxyl groups excluding tert-OH is 3. The van der Waals surface area contributed by atoms with E-state index in [2.05, 4.69) is 0 Å². The highest BCUT2D eigenvalue weighted by Gasteiger charge is 2.50. The lowest BCUT2D eigenvalue weighted by Gasteiger charge is -2.42. The SMILES string of the molecule is CO.COc1cccc2c1C(=O)c1c(O)c3c(c(O)c1C2=O)C[C@@](O)(C(=O)CO)C[C@@H]3O[C@H]1C[C@H](N)[C@H](O)[C@H](C)O1.Cl. The Morgan fingerprint density at radius 3 is 2.36 bits per heavy atom. The standard InChI is InChI=1S/C27H29NO11.CH4O.ClH/c1-10-22(31)13(28)6-17(38-10)39-15-8-27(36,16(30)9-29)7-12-19(15)26(35)21-20(24(12)33)23(32)11-4-3-5-14(37-2)18(11)25(21)34;1-2;/h3-5,10,13,15,17,22,29,31,33,35-36H,6-9,28H2,1-2H3;2H,1H3;1H/t10-,13-,15-,17-,22+,27-;;/m0../s1. The number of Topliss-reactive ketones (excluding diaryl/α,β-unsaturated/α-hetero) is 1. The second-order valence-electron chi connectivity index (χ2n) is 10.2. The summed E-state index contributed by atoms with van der Waals surface area (Å²) in [5.74, 6) is -3.77. The van der Waals surface area contributed by atoms with Crippen molar-refractivity contribution in [2.24, 2.45) is 5.73 Å². The number of phenolic OH excluding ortho intramolecular Hbond substituents is 2. The fraction of sp³-hybridized carbons (Fsp3) is 0.464. The van der Waals surface area contributed by atoms with Crippen LogP contribution >= 0.6 is 12.4 Å². The van der Waals surface area contributed by atoms with E-state index >= 15 is 0 Å². The Labute approximate surface area is 246 Å². The third-order valence-electron chi connectivity index (χ3n) is 7.81. The molecule has 5 rings (SSSR count). The molecule has 13 nitrogen and oxygen atoms in total. The molecule has 0 spiro atoms. The first-order chi connectivity index (χ1) is 19.4. The van der Waals surface area contributed by atoms with Crippen molar-refractivity contribution in [2.45, 2.75) is 62.4 Å². The van der Waals surface area contributed by atoms with Gasteiger partial charge in [0.15, 0.2) is 17.9 Å². The highest BCUT2D eigenvalue weighted by atomic mass is 35.5. The quantitative estimate of drug-likeness (QED) is 0.189. The Bertz CT molecular complexity index is 1390. The second-order valence-corrected chi connectivity index (χ2v) is 10.2. The van der Waals surface area contributed by atoms with Crippen molar-refractivity contribution in [3.05, 3.63) is 51.6 Å². The second kappa shape index (κ2) is 12.6. The van der Waals surface area contributed by atoms with Crippen LogP contribution in [0, 0.1) is 0 Å². The molecule has 2 aromatic rings. The van der Waals surface area contributed by atoms with E-state index in [-0.39, 0.29) is 46.8 Å². The maximum absolute atomic E-state index is 13.6. The molecule has 3 aliphatic rings. The number of aliphatic hydroxyl groups is 4. The largest absolute Gasteiger partial charge is 0.507 e. The zero-order valence-electron chi connectivity index (χ0n) is 23.1. The van der Waals surface area contributed by atoms with Crippen LogP contribution < -0.4 is 10.5 Å². The maximum Gasteiger partial charge on any atom is 0.202 e. The summed E-state index contributed by atoms with van der Waals surface area (Å²) in [5.41, 5.74) is 2.37. The number of fused-ring (bicyclic) bond motifs is 3. The summed E-state index contributed by atoms with van der Waals surface area (Å²) in [5, 5.41) is 60.7. The van der Waals surface area contributed by atoms with Crippen LogP contribution in [-0.4, -0.2) is 99.0 Å². The van der Waals surface area contributed by atoms with E-state index in [9.17, 15) is 39.9 Å². The molecule has 0 amide bonds. The number of aromatic hydroxyl groups is 2. The molecule has 1 saturated heterocycles. The summed E-state index contributed by atoms with van der Waals surface area (Å²) in [6, 6.07) is 3.64. The van der Waals surface area contributed by atoms with Crippen LogP contribution in [-0.2, 0) is 20.7 Å². The van der Waals surface area contributed by atoms with Crippen LogP contribution in [0.5, 0.6) is 17.2 Å². The molecular weight excluding hydrogens is 578 g/mol. The summed E-state index contributed by atoms with van der Waals surface area (Å²) >= 11 is 0. The van der Waals surface area contributed by atoms with Crippen molar-refractivity contribution in [1.82, 2.24) is 0 Å². The van der Waals surface area contributed by atoms with Gasteiger partial charge in [0.1, 0.15) is 29.5 Å². The van der Waals surface area contributed by atoms with Crippen molar-refractivity contribution >= 4 is 29.8 Å². The molecule has 0 unspecified atom stereocenters. The van der Waals surface area contributed by atoms with Crippen LogP contribution in [0.15, 0.2) is 18.2 Å². The molecule has 1 aliphatic heterocycles. The molecule has 0 bridgehead atoms. The van der Waals surface area contributed by atoms with Crippen LogP contribution in [0.3, 0.4) is 0 Å². The minimum atomic E-state index is -2.24. The van der Waals surface area contributed by atoms with Crippen molar-refractivity contribution < 1.29 is 59.2 Å². The first-order valence-corrected chi connectivity index (χ1v) is 12.9. The minimum absolute atomic E-state index is 0. The molecule has 0 saturated carbocycles. The van der Waals surface area contributed by atoms with Gasteiger partial charge in [-0.1, -0.05) is 12.1 Å². The minimum Gasteiger partial charge on any atom is -0.507 e. The van der Waals surface area contributed by atoms with Crippen LogP contribution in [0.4, 0.5) is 0 Å². The van der Waals surface area contributed by atoms with Crippen molar-refractivity contribution in [2.75, 3.05) is 20.8 Å². The highest BCUT2D eigenvalue weighted by molar-refractivity contribution is 6.31. The van der Waals surface area contributed by atoms with E-state index in [0.717, 1.165) is 7.11 Å². The third-order valence-corrected chi connectivity index (χ3v) is 7.81. The predicted molar refractivity (Wildman–Crippen MR) is 147 cm³/mol. The topological polar surface area (TPSA) is 226 Å². The number of hydrogen-bond donors (Lipinski definition) is 7. The van der Waals surface area contributed by atoms with E-state index < -0.39 is 95.7 Å². The number of benzene rings is 2. The monoisotopic (exact) mass is 611 g/mol. The smallest absolute Gasteiger partial charge is 0.202 e. The van der Waals surface area contributed by atoms with Gasteiger partial charge in [-0.15, -0.1) is 12.4 Å². The molecule has 2 aliphatic carbocycles. The summed E-state index contributed by atoms with van der Waals surface area (Å²) in [4.78, 5) is 39.7. The zero-order valence-corrected chi connectivity index (χ0v) is 23.9. The molecule has 14 heteroatoms. The Morgan fingerprint density at radius 2 is 1.76 bits per heavy atom. The normalized spacial score (nSPS) is 27.9. The molecule has 0 aromatic heterocycles. The molecule has 42 heavy (non-hydrogen) atoms. The van der Waals surface area contributed by atoms with Gasteiger partial charge in [0, 0.05) is 49.1 Å². The van der Waals surface area contributed by atoms with E-state index in [1.807, 2.05) is 0 Å². The number of hydrogen-bond acceptors (Lipinski definition) is 13. The molecular formula is C28H34ClNO12. The number of carbonyl (C=O) groups is 3. The fourth-order valence-corrected chi connectivity index (χ4v) is 5.75. The van der Waals surface area contributed by atoms with Crippen molar-refractivity contribution in [3.63, 3.8) is 0 Å². The van der Waals surface area contributed by atoms with Crippen LogP contribution in [0.1, 0.15) is 68.8 Å². The van der Waals surface area contributed by atoms with Gasteiger partial charge in [0.05, 0.1) is 42.1 Å². The Hall–Kier alpha value is -3.14. The number of ether oxygens (including phenoxy) is 3. The van der Waals surface area contributed by atoms with Gasteiger partial charge in [-0.3, -0.25) is 14.4 Å². The van der Waals surface area contributed by atoms with E-state index in [1.54, 1.807) is 6.92 Å².